The molecule has 3 rings (SSSR count). The van der Waals surface area contributed by atoms with Crippen LogP contribution in [0.2, 0.25) is 0 Å². The number of rotatable bonds is 60. The molecule has 0 aromatic rings. The van der Waals surface area contributed by atoms with Crippen LogP contribution >= 0.6 is 7.82 Å². The number of carbonyl (C=O) groups is 3. The van der Waals surface area contributed by atoms with Crippen LogP contribution in [0.5, 0.6) is 0 Å². The molecule has 25 heteroatoms. The monoisotopic (exact) mass is 1430 g/mol. The largest absolute Gasteiger partial charge is 0.472 e. The number of hydrogen-bond acceptors (Lipinski definition) is 23. The maximum Gasteiger partial charge on any atom is 0.472 e. The summed E-state index contributed by atoms with van der Waals surface area (Å²) in [5, 5.41) is 110. The van der Waals surface area contributed by atoms with Gasteiger partial charge in [0.15, 0.2) is 18.7 Å². The summed E-state index contributed by atoms with van der Waals surface area (Å²) in [5.74, 6) is -2.00. The van der Waals surface area contributed by atoms with Crippen LogP contribution in [0.1, 0.15) is 303 Å². The van der Waals surface area contributed by atoms with E-state index in [1.807, 2.05) is 0 Å². The third kappa shape index (κ3) is 37.9. The van der Waals surface area contributed by atoms with E-state index in [9.17, 15) is 74.9 Å². The molecule has 1 aliphatic carbocycles. The molecule has 18 unspecified atom stereocenters. The Bertz CT molecular complexity index is 2080. The second kappa shape index (κ2) is 55.2. The topological polar surface area (TPSA) is 374 Å². The molecule has 576 valence electrons. The Kier molecular flexibility index (Phi) is 50.7. The Morgan fingerprint density at radius 1 is 0.388 bits per heavy atom. The number of ether oxygens (including phenoxy) is 7. The lowest BCUT2D eigenvalue weighted by atomic mass is 9.84. The van der Waals surface area contributed by atoms with Gasteiger partial charge in [-0.15, -0.1) is 0 Å². The Morgan fingerprint density at radius 2 is 0.714 bits per heavy atom. The molecule has 2 saturated heterocycles. The molecule has 2 aliphatic heterocycles. The Labute approximate surface area is 586 Å². The zero-order valence-corrected chi connectivity index (χ0v) is 61.0. The normalized spacial score (nSPS) is 27.7. The molecular weight excluding hydrogens is 1290 g/mol. The molecule has 2 heterocycles. The first kappa shape index (κ1) is 89.9. The summed E-state index contributed by atoms with van der Waals surface area (Å²) in [6, 6.07) is 0. The minimum Gasteiger partial charge on any atom is -0.463 e. The summed E-state index contributed by atoms with van der Waals surface area (Å²) in [6.07, 6.45) is 14.2. The lowest BCUT2D eigenvalue weighted by molar-refractivity contribution is -0.360. The number of carbonyl (C=O) groups excluding carboxylic acids is 3. The summed E-state index contributed by atoms with van der Waals surface area (Å²) < 4.78 is 65.0. The van der Waals surface area contributed by atoms with Crippen LogP contribution < -0.4 is 0 Å². The minimum atomic E-state index is -5.70. The van der Waals surface area contributed by atoms with Crippen molar-refractivity contribution in [3.63, 3.8) is 0 Å². The number of aliphatic hydroxyl groups excluding tert-OH is 10. The van der Waals surface area contributed by atoms with Crippen LogP contribution in [0.4, 0.5) is 0 Å². The molecule has 0 bridgehead atoms. The van der Waals surface area contributed by atoms with Gasteiger partial charge in [0.05, 0.1) is 13.2 Å². The number of allylic oxidation sites excluding steroid dienone is 2. The SMILES string of the molecule is CCCCCCCCC/C=C\CCCCCC(=O)OC(COC(=O)CCCCCCCCCCCCCC)COP(=O)(O)OC1C(OC2OC(CO)C(O)C(O)C2O)C(O)C(O)C(O)C1OC1OC(COC(=O)CCCCCCCCCCCCCCCCCCC)C(O)C(O)C1O. The van der Waals surface area contributed by atoms with Crippen molar-refractivity contribution in [2.24, 2.45) is 0 Å². The van der Waals surface area contributed by atoms with Gasteiger partial charge >= 0.3 is 25.7 Å². The smallest absolute Gasteiger partial charge is 0.463 e. The second-order valence-electron chi connectivity index (χ2n) is 27.7. The van der Waals surface area contributed by atoms with Crippen molar-refractivity contribution < 1.29 is 117 Å². The van der Waals surface area contributed by atoms with Gasteiger partial charge in [-0.05, 0) is 44.9 Å². The maximum atomic E-state index is 14.3. The second-order valence-corrected chi connectivity index (χ2v) is 29.1. The molecule has 1 saturated carbocycles. The number of aliphatic hydroxyl groups is 10. The standard InChI is InChI=1S/C73H135O24P/c1-4-7-10-13-16-19-22-25-27-28-29-31-33-36-39-42-45-48-58(76)90-53-56-61(79)63(81)68(86)73(94-56)96-70-66(84)64(82)65(83)69(95-72-67(85)62(80)60(78)55(50-74)93-72)71(70)97-98(87,88)91-52-54(51-89-57(75)47-44-41-38-35-32-24-21-18-15-12-9-6-3)92-59(77)49-46-43-40-37-34-30-26-23-20-17-14-11-8-5-2/h30,34,54-56,60-74,78-86H,4-29,31-33,35-53H2,1-3H3,(H,87,88)/b34-30-. The zero-order chi connectivity index (χ0) is 71.8. The molecule has 3 fully saturated rings. The van der Waals surface area contributed by atoms with E-state index in [1.165, 1.54) is 148 Å². The van der Waals surface area contributed by atoms with Crippen LogP contribution in [-0.4, -0.2) is 204 Å². The number of hydrogen-bond donors (Lipinski definition) is 11. The third-order valence-electron chi connectivity index (χ3n) is 19.0. The molecule has 0 spiro atoms. The zero-order valence-electron chi connectivity index (χ0n) is 60.1. The van der Waals surface area contributed by atoms with E-state index < -0.39 is 156 Å². The summed E-state index contributed by atoms with van der Waals surface area (Å²) >= 11 is 0. The lowest BCUT2D eigenvalue weighted by Crippen LogP contribution is -2.69. The lowest BCUT2D eigenvalue weighted by Gasteiger charge is -2.49. The van der Waals surface area contributed by atoms with E-state index in [2.05, 4.69) is 32.9 Å². The van der Waals surface area contributed by atoms with E-state index in [0.29, 0.717) is 25.7 Å². The molecular formula is C73H135O24P. The first-order valence-electron chi connectivity index (χ1n) is 38.5. The van der Waals surface area contributed by atoms with E-state index in [-0.39, 0.29) is 19.3 Å². The van der Waals surface area contributed by atoms with Gasteiger partial charge < -0.3 is 89.1 Å². The van der Waals surface area contributed by atoms with Crippen molar-refractivity contribution in [1.82, 2.24) is 0 Å². The van der Waals surface area contributed by atoms with Gasteiger partial charge in [0.2, 0.25) is 0 Å². The van der Waals surface area contributed by atoms with Gasteiger partial charge in [0.25, 0.3) is 0 Å². The van der Waals surface area contributed by atoms with Gasteiger partial charge in [-0.1, -0.05) is 251 Å². The Morgan fingerprint density at radius 3 is 1.11 bits per heavy atom. The highest BCUT2D eigenvalue weighted by molar-refractivity contribution is 7.47. The van der Waals surface area contributed by atoms with Crippen LogP contribution in [0, 0.1) is 0 Å². The van der Waals surface area contributed by atoms with Gasteiger partial charge in [-0.25, -0.2) is 4.57 Å². The van der Waals surface area contributed by atoms with Crippen LogP contribution in [0.3, 0.4) is 0 Å². The minimum absolute atomic E-state index is 0.0324. The fourth-order valence-corrected chi connectivity index (χ4v) is 13.7. The number of phosphoric ester groups is 1. The van der Waals surface area contributed by atoms with E-state index in [0.717, 1.165) is 89.9 Å². The first-order chi connectivity index (χ1) is 47.3. The van der Waals surface area contributed by atoms with Crippen molar-refractivity contribution in [2.45, 2.75) is 407 Å². The average molecular weight is 1430 g/mol. The van der Waals surface area contributed by atoms with Crippen molar-refractivity contribution in [3.05, 3.63) is 12.2 Å². The van der Waals surface area contributed by atoms with E-state index >= 15 is 0 Å². The third-order valence-corrected chi connectivity index (χ3v) is 20.0. The molecule has 0 aromatic heterocycles. The predicted octanol–water partition coefficient (Wildman–Crippen LogP) is 10.7. The van der Waals surface area contributed by atoms with Gasteiger partial charge in [0, 0.05) is 19.3 Å². The Balaban J connectivity index is 1.72. The summed E-state index contributed by atoms with van der Waals surface area (Å²) in [6.45, 7) is 3.44. The van der Waals surface area contributed by atoms with Crippen molar-refractivity contribution in [1.29, 1.82) is 0 Å². The van der Waals surface area contributed by atoms with Crippen molar-refractivity contribution in [3.8, 4) is 0 Å². The molecule has 24 nitrogen and oxygen atoms in total. The molecule has 11 N–H and O–H groups in total. The Hall–Kier alpha value is -2.30. The summed E-state index contributed by atoms with van der Waals surface area (Å²) in [5.41, 5.74) is 0. The van der Waals surface area contributed by atoms with Crippen LogP contribution in [-0.2, 0) is 61.2 Å². The fraction of sp³-hybridized carbons (Fsp3) is 0.932. The van der Waals surface area contributed by atoms with Crippen LogP contribution in [0.15, 0.2) is 12.2 Å². The highest BCUT2D eigenvalue weighted by atomic mass is 31.2. The van der Waals surface area contributed by atoms with E-state index in [1.54, 1.807) is 0 Å². The highest BCUT2D eigenvalue weighted by Gasteiger charge is 2.58. The number of esters is 3. The highest BCUT2D eigenvalue weighted by Crippen LogP contribution is 2.49. The average Bonchev–Trinajstić information content (AvgIpc) is 0.762. The van der Waals surface area contributed by atoms with Gasteiger partial charge in [-0.3, -0.25) is 23.4 Å². The number of phosphoric acid groups is 1. The maximum absolute atomic E-state index is 14.3. The quantitative estimate of drug-likeness (QED) is 0.00886. The molecule has 0 amide bonds. The number of unbranched alkanes of at least 4 members (excludes halogenated alkanes) is 37. The van der Waals surface area contributed by atoms with Gasteiger partial charge in [-0.2, -0.15) is 0 Å². The molecule has 0 aromatic carbocycles. The van der Waals surface area contributed by atoms with Gasteiger partial charge in [0.1, 0.15) is 98.7 Å². The van der Waals surface area contributed by atoms with Crippen molar-refractivity contribution >= 4 is 25.7 Å². The van der Waals surface area contributed by atoms with Crippen LogP contribution in [0.25, 0.3) is 0 Å². The van der Waals surface area contributed by atoms with Crippen molar-refractivity contribution in [2.75, 3.05) is 26.4 Å². The molecule has 0 radical (unpaired) electrons. The molecule has 18 atom stereocenters. The predicted molar refractivity (Wildman–Crippen MR) is 370 cm³/mol. The van der Waals surface area contributed by atoms with E-state index in [4.69, 9.17) is 42.2 Å². The molecule has 3 aliphatic rings. The summed E-state index contributed by atoms with van der Waals surface area (Å²) in [4.78, 5) is 51.0. The first-order valence-corrected chi connectivity index (χ1v) is 40.0. The summed E-state index contributed by atoms with van der Waals surface area (Å²) in [7, 11) is -5.70. The molecule has 98 heavy (non-hydrogen) atoms. The fourth-order valence-electron chi connectivity index (χ4n) is 12.8.